The average Bonchev–Trinajstić information content (AvgIpc) is 2.40. The van der Waals surface area contributed by atoms with Gasteiger partial charge in [-0.3, -0.25) is 0 Å². The van der Waals surface area contributed by atoms with Gasteiger partial charge in [-0.25, -0.2) is 14.2 Å². The van der Waals surface area contributed by atoms with Crippen molar-refractivity contribution in [1.29, 1.82) is 0 Å². The van der Waals surface area contributed by atoms with Crippen LogP contribution in [-0.2, 0) is 4.74 Å². The molecule has 4 nitrogen and oxygen atoms in total. The van der Waals surface area contributed by atoms with E-state index in [4.69, 9.17) is 10.5 Å². The first-order valence-corrected chi connectivity index (χ1v) is 6.51. The van der Waals surface area contributed by atoms with E-state index in [2.05, 4.69) is 4.98 Å². The predicted octanol–water partition coefficient (Wildman–Crippen LogP) is 3.43. The topological polar surface area (TPSA) is 65.2 Å². The molecule has 21 heavy (non-hydrogen) atoms. The average molecular weight is 288 g/mol. The van der Waals surface area contributed by atoms with E-state index in [0.717, 1.165) is 5.56 Å². The molecule has 0 unspecified atom stereocenters. The Bertz CT molecular complexity index is 661. The van der Waals surface area contributed by atoms with Crippen LogP contribution in [0.1, 0.15) is 31.1 Å². The van der Waals surface area contributed by atoms with Crippen LogP contribution >= 0.6 is 0 Å². The molecule has 2 N–H and O–H groups in total. The summed E-state index contributed by atoms with van der Waals surface area (Å²) in [5.41, 5.74) is 6.58. The molecule has 1 aromatic carbocycles. The molecule has 0 atom stereocenters. The zero-order valence-corrected chi connectivity index (χ0v) is 12.2. The Kier molecular flexibility index (Phi) is 3.93. The number of nitrogen functional groups attached to an aromatic ring is 1. The highest BCUT2D eigenvalue weighted by atomic mass is 19.1. The van der Waals surface area contributed by atoms with E-state index < -0.39 is 17.4 Å². The van der Waals surface area contributed by atoms with Crippen molar-refractivity contribution in [1.82, 2.24) is 4.98 Å². The number of nitrogens with two attached hydrogens (primary N) is 1. The van der Waals surface area contributed by atoms with Crippen LogP contribution in [0, 0.1) is 5.82 Å². The smallest absolute Gasteiger partial charge is 0.338 e. The molecule has 2 rings (SSSR count). The molecular formula is C16H17FN2O2. The number of aromatic nitrogens is 1. The van der Waals surface area contributed by atoms with Crippen LogP contribution in [-0.4, -0.2) is 16.6 Å². The van der Waals surface area contributed by atoms with Gasteiger partial charge in [0, 0.05) is 11.8 Å². The lowest BCUT2D eigenvalue weighted by atomic mass is 10.1. The van der Waals surface area contributed by atoms with E-state index in [1.807, 2.05) is 20.8 Å². The van der Waals surface area contributed by atoms with E-state index in [9.17, 15) is 9.18 Å². The van der Waals surface area contributed by atoms with E-state index in [1.165, 1.54) is 12.3 Å². The lowest BCUT2D eigenvalue weighted by molar-refractivity contribution is 0.00696. The fourth-order valence-corrected chi connectivity index (χ4v) is 1.74. The highest BCUT2D eigenvalue weighted by Gasteiger charge is 2.17. The maximum atomic E-state index is 13.4. The maximum absolute atomic E-state index is 13.4. The molecule has 110 valence electrons. The Morgan fingerprint density at radius 3 is 2.33 bits per heavy atom. The number of pyridine rings is 1. The Hall–Kier alpha value is -2.43. The van der Waals surface area contributed by atoms with Crippen molar-refractivity contribution in [3.63, 3.8) is 0 Å². The van der Waals surface area contributed by atoms with Crippen molar-refractivity contribution in [3.05, 3.63) is 47.9 Å². The number of anilines is 1. The van der Waals surface area contributed by atoms with Crippen molar-refractivity contribution in [2.45, 2.75) is 26.4 Å². The first-order valence-electron chi connectivity index (χ1n) is 6.51. The summed E-state index contributed by atoms with van der Waals surface area (Å²) in [6.45, 7) is 5.42. The lowest BCUT2D eigenvalue weighted by Gasteiger charge is -2.19. The van der Waals surface area contributed by atoms with Crippen LogP contribution in [0.4, 0.5) is 10.2 Å². The summed E-state index contributed by atoms with van der Waals surface area (Å²) in [6.07, 6.45) is 1.49. The zero-order chi connectivity index (χ0) is 15.6. The first-order chi connectivity index (χ1) is 9.76. The van der Waals surface area contributed by atoms with Gasteiger partial charge in [0.25, 0.3) is 0 Å². The molecule has 1 heterocycles. The van der Waals surface area contributed by atoms with Gasteiger partial charge < -0.3 is 10.5 Å². The van der Waals surface area contributed by atoms with Crippen LogP contribution in [0.25, 0.3) is 11.1 Å². The van der Waals surface area contributed by atoms with E-state index in [0.29, 0.717) is 11.1 Å². The van der Waals surface area contributed by atoms with Gasteiger partial charge in [0.15, 0.2) is 11.6 Å². The molecular weight excluding hydrogens is 271 g/mol. The van der Waals surface area contributed by atoms with Crippen LogP contribution in [0.2, 0.25) is 0 Å². The number of benzene rings is 1. The normalized spacial score (nSPS) is 11.2. The van der Waals surface area contributed by atoms with Crippen LogP contribution < -0.4 is 5.73 Å². The van der Waals surface area contributed by atoms with Crippen LogP contribution in [0.15, 0.2) is 36.5 Å². The molecule has 5 heteroatoms. The minimum Gasteiger partial charge on any atom is -0.456 e. The van der Waals surface area contributed by atoms with Crippen molar-refractivity contribution in [2.75, 3.05) is 5.73 Å². The number of esters is 1. The van der Waals surface area contributed by atoms with Gasteiger partial charge >= 0.3 is 5.97 Å². The van der Waals surface area contributed by atoms with Crippen molar-refractivity contribution in [3.8, 4) is 11.1 Å². The van der Waals surface area contributed by atoms with E-state index in [-0.39, 0.29) is 5.82 Å². The van der Waals surface area contributed by atoms with Gasteiger partial charge in [-0.2, -0.15) is 0 Å². The maximum Gasteiger partial charge on any atom is 0.338 e. The summed E-state index contributed by atoms with van der Waals surface area (Å²) in [5.74, 6) is -1.09. The Morgan fingerprint density at radius 1 is 1.19 bits per heavy atom. The van der Waals surface area contributed by atoms with Crippen molar-refractivity contribution >= 4 is 11.8 Å². The number of nitrogens with zero attached hydrogens (tertiary/aromatic N) is 1. The Morgan fingerprint density at radius 2 is 1.81 bits per heavy atom. The molecule has 0 aliphatic rings. The van der Waals surface area contributed by atoms with Gasteiger partial charge in [-0.1, -0.05) is 12.1 Å². The number of carbonyl (C=O) groups is 1. The third-order valence-corrected chi connectivity index (χ3v) is 2.72. The lowest BCUT2D eigenvalue weighted by Crippen LogP contribution is -2.23. The molecule has 2 aromatic rings. The van der Waals surface area contributed by atoms with Crippen LogP contribution in [0.5, 0.6) is 0 Å². The Labute approximate surface area is 122 Å². The summed E-state index contributed by atoms with van der Waals surface area (Å²) < 4.78 is 18.7. The Balaban J connectivity index is 2.22. The molecule has 0 aliphatic carbocycles. The monoisotopic (exact) mass is 288 g/mol. The molecule has 0 fully saturated rings. The molecule has 0 saturated carbocycles. The van der Waals surface area contributed by atoms with Crippen molar-refractivity contribution < 1.29 is 13.9 Å². The van der Waals surface area contributed by atoms with Gasteiger partial charge in [0.2, 0.25) is 0 Å². The molecule has 0 aliphatic heterocycles. The summed E-state index contributed by atoms with van der Waals surface area (Å²) in [6, 6.07) is 8.01. The third-order valence-electron chi connectivity index (χ3n) is 2.72. The zero-order valence-electron chi connectivity index (χ0n) is 12.2. The summed E-state index contributed by atoms with van der Waals surface area (Å²) in [7, 11) is 0. The second kappa shape index (κ2) is 5.52. The SMILES string of the molecule is CC(C)(C)OC(=O)c1ccc(-c2cnc(N)c(F)c2)cc1. The first kappa shape index (κ1) is 15.0. The fraction of sp³-hybridized carbons (Fsp3) is 0.250. The summed E-state index contributed by atoms with van der Waals surface area (Å²) in [5, 5.41) is 0. The molecule has 0 radical (unpaired) electrons. The molecule has 0 bridgehead atoms. The second-order valence-corrected chi connectivity index (χ2v) is 5.67. The molecule has 0 amide bonds. The van der Waals surface area contributed by atoms with Crippen molar-refractivity contribution in [2.24, 2.45) is 0 Å². The number of ether oxygens (including phenoxy) is 1. The third kappa shape index (κ3) is 3.78. The highest BCUT2D eigenvalue weighted by Crippen LogP contribution is 2.22. The van der Waals surface area contributed by atoms with Gasteiger partial charge in [0.1, 0.15) is 5.60 Å². The standard InChI is InChI=1S/C16H17FN2O2/c1-16(2,3)21-15(20)11-6-4-10(5-7-11)12-8-13(17)14(18)19-9-12/h4-9H,1-3H3,(H2,18,19). The van der Waals surface area contributed by atoms with E-state index in [1.54, 1.807) is 24.3 Å². The van der Waals surface area contributed by atoms with Gasteiger partial charge in [-0.15, -0.1) is 0 Å². The minimum atomic E-state index is -0.566. The molecule has 0 spiro atoms. The summed E-state index contributed by atoms with van der Waals surface area (Å²) in [4.78, 5) is 15.7. The van der Waals surface area contributed by atoms with Gasteiger partial charge in [-0.05, 0) is 44.5 Å². The van der Waals surface area contributed by atoms with Crippen LogP contribution in [0.3, 0.4) is 0 Å². The number of hydrogen-bond acceptors (Lipinski definition) is 4. The second-order valence-electron chi connectivity index (χ2n) is 5.67. The number of halogens is 1. The largest absolute Gasteiger partial charge is 0.456 e. The summed E-state index contributed by atoms with van der Waals surface area (Å²) >= 11 is 0. The molecule has 1 aromatic heterocycles. The fourth-order valence-electron chi connectivity index (χ4n) is 1.74. The highest BCUT2D eigenvalue weighted by molar-refractivity contribution is 5.90. The minimum absolute atomic E-state index is 0.135. The molecule has 0 saturated heterocycles. The number of carbonyl (C=O) groups excluding carboxylic acids is 1. The predicted molar refractivity (Wildman–Crippen MR) is 79.2 cm³/mol. The quantitative estimate of drug-likeness (QED) is 0.860. The van der Waals surface area contributed by atoms with E-state index >= 15 is 0 Å². The number of hydrogen-bond donors (Lipinski definition) is 1. The van der Waals surface area contributed by atoms with Gasteiger partial charge in [0.05, 0.1) is 5.56 Å². The number of rotatable bonds is 2.